The standard InChI is InChI=1S/C11H15N3O3/c1-17-9-7-8(10(15)16)3-6-14(9)11-12-4-2-5-13-11/h2,4-5,8-9H,3,6-7H2,1H3,(H,15,16). The lowest BCUT2D eigenvalue weighted by atomic mass is 9.96. The maximum Gasteiger partial charge on any atom is 0.306 e. The first-order valence-electron chi connectivity index (χ1n) is 5.51. The molecular formula is C11H15N3O3. The maximum atomic E-state index is 11.0. The first kappa shape index (κ1) is 11.8. The molecule has 92 valence electrons. The smallest absolute Gasteiger partial charge is 0.306 e. The molecule has 1 saturated heterocycles. The van der Waals surface area contributed by atoms with Gasteiger partial charge in [0, 0.05) is 32.5 Å². The van der Waals surface area contributed by atoms with Crippen molar-refractivity contribution in [2.24, 2.45) is 5.92 Å². The van der Waals surface area contributed by atoms with Crippen LogP contribution in [0.3, 0.4) is 0 Å². The maximum absolute atomic E-state index is 11.0. The second-order valence-corrected chi connectivity index (χ2v) is 3.99. The van der Waals surface area contributed by atoms with Crippen molar-refractivity contribution in [2.45, 2.75) is 19.1 Å². The third-order valence-corrected chi connectivity index (χ3v) is 2.98. The van der Waals surface area contributed by atoms with Crippen molar-refractivity contribution < 1.29 is 14.6 Å². The average Bonchev–Trinajstić information content (AvgIpc) is 2.39. The van der Waals surface area contributed by atoms with Crippen LogP contribution in [-0.2, 0) is 9.53 Å². The number of methoxy groups -OCH3 is 1. The number of hydrogen-bond acceptors (Lipinski definition) is 5. The summed E-state index contributed by atoms with van der Waals surface area (Å²) in [6, 6.07) is 1.75. The van der Waals surface area contributed by atoms with Crippen LogP contribution >= 0.6 is 0 Å². The Morgan fingerprint density at radius 1 is 1.53 bits per heavy atom. The van der Waals surface area contributed by atoms with Crippen molar-refractivity contribution in [2.75, 3.05) is 18.6 Å². The third-order valence-electron chi connectivity index (χ3n) is 2.98. The summed E-state index contributed by atoms with van der Waals surface area (Å²) in [6.07, 6.45) is 4.11. The van der Waals surface area contributed by atoms with E-state index in [2.05, 4.69) is 9.97 Å². The molecule has 1 N–H and O–H groups in total. The number of piperidine rings is 1. The molecule has 6 nitrogen and oxygen atoms in total. The molecule has 2 atom stereocenters. The number of carboxylic acids is 1. The van der Waals surface area contributed by atoms with Gasteiger partial charge in [0.1, 0.15) is 6.23 Å². The Labute approximate surface area is 99.2 Å². The summed E-state index contributed by atoms with van der Waals surface area (Å²) in [5.74, 6) is -0.524. The van der Waals surface area contributed by atoms with E-state index in [1.807, 2.05) is 4.90 Å². The summed E-state index contributed by atoms with van der Waals surface area (Å²) < 4.78 is 5.32. The fraction of sp³-hybridized carbons (Fsp3) is 0.545. The molecule has 1 aromatic rings. The third kappa shape index (κ3) is 2.52. The minimum absolute atomic E-state index is 0.271. The van der Waals surface area contributed by atoms with Crippen LogP contribution in [0.25, 0.3) is 0 Å². The van der Waals surface area contributed by atoms with Gasteiger partial charge in [-0.1, -0.05) is 0 Å². The normalized spacial score (nSPS) is 24.6. The quantitative estimate of drug-likeness (QED) is 0.836. The van der Waals surface area contributed by atoms with E-state index < -0.39 is 5.97 Å². The molecule has 2 unspecified atom stereocenters. The molecule has 17 heavy (non-hydrogen) atoms. The molecule has 2 heterocycles. The number of rotatable bonds is 3. The van der Waals surface area contributed by atoms with Crippen molar-refractivity contribution in [3.63, 3.8) is 0 Å². The summed E-state index contributed by atoms with van der Waals surface area (Å²) in [4.78, 5) is 21.2. The fourth-order valence-corrected chi connectivity index (χ4v) is 2.04. The Hall–Kier alpha value is -1.69. The second kappa shape index (κ2) is 5.09. The van der Waals surface area contributed by atoms with Gasteiger partial charge in [0.25, 0.3) is 0 Å². The number of hydrogen-bond donors (Lipinski definition) is 1. The molecule has 1 aromatic heterocycles. The molecule has 1 fully saturated rings. The Morgan fingerprint density at radius 2 is 2.24 bits per heavy atom. The lowest BCUT2D eigenvalue weighted by Crippen LogP contribution is -2.46. The molecular weight excluding hydrogens is 222 g/mol. The molecule has 0 aromatic carbocycles. The van der Waals surface area contributed by atoms with Crippen LogP contribution in [0, 0.1) is 5.92 Å². The van der Waals surface area contributed by atoms with Crippen LogP contribution in [-0.4, -0.2) is 40.9 Å². The highest BCUT2D eigenvalue weighted by atomic mass is 16.5. The molecule has 0 spiro atoms. The molecule has 0 amide bonds. The van der Waals surface area contributed by atoms with Gasteiger partial charge in [-0.05, 0) is 12.5 Å². The van der Waals surface area contributed by atoms with Crippen molar-refractivity contribution >= 4 is 11.9 Å². The average molecular weight is 237 g/mol. The van der Waals surface area contributed by atoms with Gasteiger partial charge in [0.15, 0.2) is 0 Å². The van der Waals surface area contributed by atoms with E-state index in [0.717, 1.165) is 0 Å². The predicted molar refractivity (Wildman–Crippen MR) is 60.5 cm³/mol. The van der Waals surface area contributed by atoms with Crippen LogP contribution in [0.5, 0.6) is 0 Å². The van der Waals surface area contributed by atoms with Crippen LogP contribution in [0.15, 0.2) is 18.5 Å². The molecule has 2 rings (SSSR count). The summed E-state index contributed by atoms with van der Waals surface area (Å²) >= 11 is 0. The number of aromatic nitrogens is 2. The van der Waals surface area contributed by atoms with E-state index in [4.69, 9.17) is 9.84 Å². The van der Waals surface area contributed by atoms with Crippen LogP contribution in [0.4, 0.5) is 5.95 Å². The van der Waals surface area contributed by atoms with Gasteiger partial charge in [-0.3, -0.25) is 4.79 Å². The van der Waals surface area contributed by atoms with Gasteiger partial charge in [0.05, 0.1) is 5.92 Å². The van der Waals surface area contributed by atoms with E-state index >= 15 is 0 Å². The Balaban J connectivity index is 2.12. The number of anilines is 1. The SMILES string of the molecule is COC1CC(C(=O)O)CCN1c1ncccn1. The Morgan fingerprint density at radius 3 is 2.82 bits per heavy atom. The zero-order valence-electron chi connectivity index (χ0n) is 9.61. The van der Waals surface area contributed by atoms with Gasteiger partial charge >= 0.3 is 5.97 Å². The van der Waals surface area contributed by atoms with E-state index in [9.17, 15) is 4.79 Å². The zero-order chi connectivity index (χ0) is 12.3. The lowest BCUT2D eigenvalue weighted by molar-refractivity contribution is -0.144. The van der Waals surface area contributed by atoms with E-state index in [1.54, 1.807) is 25.6 Å². The first-order valence-corrected chi connectivity index (χ1v) is 5.51. The number of aliphatic carboxylic acids is 1. The van der Waals surface area contributed by atoms with E-state index in [0.29, 0.717) is 25.3 Å². The number of carbonyl (C=O) groups is 1. The number of carboxylic acid groups (broad SMARTS) is 1. The van der Waals surface area contributed by atoms with Gasteiger partial charge in [0.2, 0.25) is 5.95 Å². The van der Waals surface area contributed by atoms with Gasteiger partial charge in [-0.15, -0.1) is 0 Å². The number of nitrogens with zero attached hydrogens (tertiary/aromatic N) is 3. The highest BCUT2D eigenvalue weighted by Crippen LogP contribution is 2.26. The van der Waals surface area contributed by atoms with Crippen molar-refractivity contribution in [3.05, 3.63) is 18.5 Å². The summed E-state index contributed by atoms with van der Waals surface area (Å²) in [7, 11) is 1.57. The topological polar surface area (TPSA) is 75.6 Å². The van der Waals surface area contributed by atoms with Crippen molar-refractivity contribution in [1.82, 2.24) is 9.97 Å². The molecule has 1 aliphatic rings. The molecule has 0 bridgehead atoms. The van der Waals surface area contributed by atoms with E-state index in [1.165, 1.54) is 0 Å². The summed E-state index contributed by atoms with van der Waals surface area (Å²) in [5.41, 5.74) is 0. The minimum atomic E-state index is -0.763. The molecule has 0 radical (unpaired) electrons. The van der Waals surface area contributed by atoms with E-state index in [-0.39, 0.29) is 12.1 Å². The predicted octanol–water partition coefficient (Wildman–Crippen LogP) is 0.750. The highest BCUT2D eigenvalue weighted by molar-refractivity contribution is 5.70. The highest BCUT2D eigenvalue weighted by Gasteiger charge is 2.33. The van der Waals surface area contributed by atoms with Gasteiger partial charge < -0.3 is 14.7 Å². The zero-order valence-corrected chi connectivity index (χ0v) is 9.61. The van der Waals surface area contributed by atoms with Crippen LogP contribution < -0.4 is 4.90 Å². The lowest BCUT2D eigenvalue weighted by Gasteiger charge is -2.36. The van der Waals surface area contributed by atoms with Crippen LogP contribution in [0.1, 0.15) is 12.8 Å². The molecule has 0 saturated carbocycles. The van der Waals surface area contributed by atoms with Crippen molar-refractivity contribution in [1.29, 1.82) is 0 Å². The molecule has 6 heteroatoms. The van der Waals surface area contributed by atoms with Gasteiger partial charge in [-0.25, -0.2) is 9.97 Å². The summed E-state index contributed by atoms with van der Waals surface area (Å²) in [6.45, 7) is 0.597. The summed E-state index contributed by atoms with van der Waals surface area (Å²) in [5, 5.41) is 9.00. The minimum Gasteiger partial charge on any atom is -0.481 e. The first-order chi connectivity index (χ1) is 8.22. The van der Waals surface area contributed by atoms with Crippen LogP contribution in [0.2, 0.25) is 0 Å². The number of ether oxygens (including phenoxy) is 1. The van der Waals surface area contributed by atoms with Crippen molar-refractivity contribution in [3.8, 4) is 0 Å². The molecule has 1 aliphatic heterocycles. The fourth-order valence-electron chi connectivity index (χ4n) is 2.04. The largest absolute Gasteiger partial charge is 0.481 e. The monoisotopic (exact) mass is 237 g/mol. The molecule has 0 aliphatic carbocycles. The Kier molecular flexibility index (Phi) is 3.53. The Bertz CT molecular complexity index is 385. The second-order valence-electron chi connectivity index (χ2n) is 3.99. The van der Waals surface area contributed by atoms with Gasteiger partial charge in [-0.2, -0.15) is 0 Å².